The zero-order valence-corrected chi connectivity index (χ0v) is 23.0. The van der Waals surface area contributed by atoms with Gasteiger partial charge in [0.25, 0.3) is 11.8 Å². The number of benzene rings is 1. The van der Waals surface area contributed by atoms with E-state index in [1.54, 1.807) is 24.5 Å². The number of carbonyl (C=O) groups excluding carboxylic acids is 2. The summed E-state index contributed by atoms with van der Waals surface area (Å²) in [5.41, 5.74) is 10.8. The van der Waals surface area contributed by atoms with Gasteiger partial charge in [-0.05, 0) is 80.4 Å². The fourth-order valence-electron chi connectivity index (χ4n) is 4.89. The molecule has 1 aliphatic heterocycles. The maximum absolute atomic E-state index is 13.9. The van der Waals surface area contributed by atoms with Crippen molar-refractivity contribution in [1.82, 2.24) is 20.2 Å². The van der Waals surface area contributed by atoms with E-state index in [-0.39, 0.29) is 5.91 Å². The molecule has 2 aromatic heterocycles. The molecule has 0 bridgehead atoms. The first-order valence-electron chi connectivity index (χ1n) is 13.0. The van der Waals surface area contributed by atoms with Crippen LogP contribution in [-0.2, 0) is 17.9 Å². The molecular formula is C29H33FN6O2S. The van der Waals surface area contributed by atoms with Crippen molar-refractivity contribution in [3.63, 3.8) is 0 Å². The first kappa shape index (κ1) is 28.0. The topological polar surface area (TPSA) is 114 Å². The number of carbonyl (C=O) groups is 2. The molecule has 0 spiro atoms. The van der Waals surface area contributed by atoms with Gasteiger partial charge in [0, 0.05) is 54.7 Å². The van der Waals surface area contributed by atoms with Crippen molar-refractivity contribution in [3.8, 4) is 0 Å². The summed E-state index contributed by atoms with van der Waals surface area (Å²) in [6, 6.07) is 8.09. The summed E-state index contributed by atoms with van der Waals surface area (Å²) >= 11 is 5.34. The first-order valence-corrected chi connectivity index (χ1v) is 13.4. The fraction of sp³-hybridized carbons (Fsp3) is 0.310. The van der Waals surface area contributed by atoms with Gasteiger partial charge in [-0.2, -0.15) is 0 Å². The number of halogens is 1. The average Bonchev–Trinajstić information content (AvgIpc) is 3.34. The van der Waals surface area contributed by atoms with Crippen molar-refractivity contribution in [2.75, 3.05) is 11.9 Å². The molecule has 0 unspecified atom stereocenters. The van der Waals surface area contributed by atoms with E-state index in [0.29, 0.717) is 46.2 Å². The van der Waals surface area contributed by atoms with Gasteiger partial charge in [0.2, 0.25) is 0 Å². The third kappa shape index (κ3) is 6.69. The Bertz CT molecular complexity index is 1420. The summed E-state index contributed by atoms with van der Waals surface area (Å²) in [7, 11) is 0. The van der Waals surface area contributed by atoms with Crippen LogP contribution < -0.4 is 21.7 Å². The maximum atomic E-state index is 13.9. The van der Waals surface area contributed by atoms with Crippen molar-refractivity contribution in [1.29, 1.82) is 0 Å². The minimum atomic E-state index is -0.509. The van der Waals surface area contributed by atoms with Crippen LogP contribution >= 0.6 is 12.2 Å². The van der Waals surface area contributed by atoms with Gasteiger partial charge in [-0.15, -0.1) is 0 Å². The van der Waals surface area contributed by atoms with Gasteiger partial charge in [0.1, 0.15) is 5.82 Å². The first-order chi connectivity index (χ1) is 18.8. The lowest BCUT2D eigenvalue weighted by Crippen LogP contribution is -2.35. The molecule has 2 amide bonds. The van der Waals surface area contributed by atoms with Crippen LogP contribution in [0.5, 0.6) is 0 Å². The Morgan fingerprint density at radius 2 is 1.97 bits per heavy atom. The molecule has 3 heterocycles. The molecule has 0 saturated carbocycles. The second-order valence-corrected chi connectivity index (χ2v) is 9.98. The molecule has 4 rings (SSSR count). The van der Waals surface area contributed by atoms with Gasteiger partial charge in [-0.3, -0.25) is 14.6 Å². The van der Waals surface area contributed by atoms with Gasteiger partial charge in [-0.25, -0.2) is 4.39 Å². The molecular weight excluding hydrogens is 515 g/mol. The van der Waals surface area contributed by atoms with E-state index >= 15 is 0 Å². The normalized spacial score (nSPS) is 13.3. The van der Waals surface area contributed by atoms with E-state index < -0.39 is 11.7 Å². The highest BCUT2D eigenvalue weighted by molar-refractivity contribution is 7.80. The molecule has 39 heavy (non-hydrogen) atoms. The van der Waals surface area contributed by atoms with Crippen molar-refractivity contribution >= 4 is 46.5 Å². The lowest BCUT2D eigenvalue weighted by molar-refractivity contribution is -0.110. The van der Waals surface area contributed by atoms with Crippen LogP contribution in [0.15, 0.2) is 42.7 Å². The standard InChI is InChI=1S/C29H33FN6O2S/c1-18-25(15-23-22-14-21(30)9-10-24(22)35-28(23)38)36(19(2)26(18)27(31)37)13-6-4-3-5-12-33-29(39)34-17-20-8-7-11-32-16-20/h7-11,14-16H,3-6,12-13,17H2,1-2H3,(H2,31,37)(H,35,38)(H2,33,34,39)/b23-15-. The van der Waals surface area contributed by atoms with Crippen molar-refractivity contribution < 1.29 is 14.0 Å². The van der Waals surface area contributed by atoms with Gasteiger partial charge in [0.15, 0.2) is 5.11 Å². The zero-order chi connectivity index (χ0) is 27.9. The molecule has 10 heteroatoms. The van der Waals surface area contributed by atoms with E-state index in [2.05, 4.69) is 20.9 Å². The number of unbranched alkanes of at least 4 members (excludes halogenated alkanes) is 3. The zero-order valence-electron chi connectivity index (χ0n) is 22.1. The predicted octanol–water partition coefficient (Wildman–Crippen LogP) is 4.46. The number of nitrogens with zero attached hydrogens (tertiary/aromatic N) is 2. The number of thiocarbonyl (C=S) groups is 1. The molecule has 0 atom stereocenters. The SMILES string of the molecule is Cc1c(C(N)=O)c(C)n(CCCCCCNC(=S)NCc2cccnc2)c1/C=C1\C(=O)Nc2ccc(F)cc21. The third-order valence-electron chi connectivity index (χ3n) is 6.88. The Hall–Kier alpha value is -4.05. The maximum Gasteiger partial charge on any atom is 0.256 e. The van der Waals surface area contributed by atoms with Crippen molar-refractivity contribution in [3.05, 3.63) is 82.2 Å². The monoisotopic (exact) mass is 548 g/mol. The third-order valence-corrected chi connectivity index (χ3v) is 7.17. The highest BCUT2D eigenvalue weighted by Crippen LogP contribution is 2.35. The van der Waals surface area contributed by atoms with Crippen LogP contribution in [0.2, 0.25) is 0 Å². The molecule has 0 radical (unpaired) electrons. The Morgan fingerprint density at radius 3 is 2.72 bits per heavy atom. The largest absolute Gasteiger partial charge is 0.366 e. The number of hydrogen-bond acceptors (Lipinski definition) is 4. The van der Waals surface area contributed by atoms with E-state index in [9.17, 15) is 14.0 Å². The summed E-state index contributed by atoms with van der Waals surface area (Å²) in [6.07, 6.45) is 9.10. The number of primary amides is 1. The molecule has 8 nitrogen and oxygen atoms in total. The quantitative estimate of drug-likeness (QED) is 0.160. The van der Waals surface area contributed by atoms with Crippen LogP contribution in [-0.4, -0.2) is 33.0 Å². The molecule has 204 valence electrons. The Kier molecular flexibility index (Phi) is 9.08. The number of aromatic nitrogens is 2. The molecule has 5 N–H and O–H groups in total. The van der Waals surface area contributed by atoms with Crippen molar-refractivity contribution in [2.45, 2.75) is 52.6 Å². The molecule has 1 aliphatic rings. The molecule has 0 fully saturated rings. The molecule has 3 aromatic rings. The van der Waals surface area contributed by atoms with Gasteiger partial charge < -0.3 is 26.3 Å². The molecule has 0 aliphatic carbocycles. The van der Waals surface area contributed by atoms with E-state index in [0.717, 1.165) is 49.2 Å². The fourth-order valence-corrected chi connectivity index (χ4v) is 5.07. The predicted molar refractivity (Wildman–Crippen MR) is 155 cm³/mol. The number of fused-ring (bicyclic) bond motifs is 1. The number of nitrogens with one attached hydrogen (secondary N) is 3. The van der Waals surface area contributed by atoms with E-state index in [4.69, 9.17) is 18.0 Å². The lowest BCUT2D eigenvalue weighted by atomic mass is 10.0. The van der Waals surface area contributed by atoms with Gasteiger partial charge in [-0.1, -0.05) is 18.9 Å². The summed E-state index contributed by atoms with van der Waals surface area (Å²) in [5, 5.41) is 9.80. The minimum Gasteiger partial charge on any atom is -0.366 e. The summed E-state index contributed by atoms with van der Waals surface area (Å²) < 4.78 is 16.0. The smallest absolute Gasteiger partial charge is 0.256 e. The number of anilines is 1. The number of hydrogen-bond donors (Lipinski definition) is 4. The highest BCUT2D eigenvalue weighted by Gasteiger charge is 2.27. The minimum absolute atomic E-state index is 0.304. The van der Waals surface area contributed by atoms with Crippen LogP contribution in [0.3, 0.4) is 0 Å². The summed E-state index contributed by atoms with van der Waals surface area (Å²) in [5.74, 6) is -1.23. The molecule has 1 aromatic carbocycles. The Balaban J connectivity index is 1.34. The summed E-state index contributed by atoms with van der Waals surface area (Å²) in [6.45, 7) is 5.75. The Labute approximate surface area is 232 Å². The second-order valence-electron chi connectivity index (χ2n) is 9.57. The number of rotatable bonds is 11. The lowest BCUT2D eigenvalue weighted by Gasteiger charge is -2.12. The van der Waals surface area contributed by atoms with Crippen LogP contribution in [0.25, 0.3) is 11.6 Å². The van der Waals surface area contributed by atoms with Crippen LogP contribution in [0.1, 0.15) is 64.1 Å². The second kappa shape index (κ2) is 12.7. The van der Waals surface area contributed by atoms with E-state index in [1.807, 2.05) is 30.5 Å². The van der Waals surface area contributed by atoms with Gasteiger partial charge >= 0.3 is 0 Å². The number of nitrogens with two attached hydrogens (primary N) is 1. The van der Waals surface area contributed by atoms with E-state index in [1.165, 1.54) is 12.1 Å². The van der Waals surface area contributed by atoms with Crippen LogP contribution in [0, 0.1) is 19.7 Å². The molecule has 0 saturated heterocycles. The average molecular weight is 549 g/mol. The highest BCUT2D eigenvalue weighted by atomic mass is 32.1. The van der Waals surface area contributed by atoms with Crippen LogP contribution in [0.4, 0.5) is 10.1 Å². The Morgan fingerprint density at radius 1 is 1.18 bits per heavy atom. The summed E-state index contributed by atoms with van der Waals surface area (Å²) in [4.78, 5) is 29.0. The van der Waals surface area contributed by atoms with Crippen molar-refractivity contribution in [2.24, 2.45) is 5.73 Å². The number of pyridine rings is 1. The number of amides is 2. The van der Waals surface area contributed by atoms with Gasteiger partial charge in [0.05, 0.1) is 11.1 Å².